The number of nitrogens with one attached hydrogen (secondary N) is 1. The zero-order valence-corrected chi connectivity index (χ0v) is 16.0. The zero-order valence-electron chi connectivity index (χ0n) is 15.2. The lowest BCUT2D eigenvalue weighted by Crippen LogP contribution is -2.48. The first-order valence-electron chi connectivity index (χ1n) is 9.69. The van der Waals surface area contributed by atoms with Crippen molar-refractivity contribution >= 4 is 23.3 Å². The van der Waals surface area contributed by atoms with Crippen LogP contribution in [0.15, 0.2) is 35.7 Å². The lowest BCUT2D eigenvalue weighted by molar-refractivity contribution is -0.127. The second-order valence-corrected chi connectivity index (χ2v) is 8.00. The third kappa shape index (κ3) is 4.18. The van der Waals surface area contributed by atoms with E-state index in [9.17, 15) is 9.59 Å². The van der Waals surface area contributed by atoms with E-state index < -0.39 is 6.04 Å². The van der Waals surface area contributed by atoms with Crippen LogP contribution >= 0.6 is 11.5 Å². The maximum absolute atomic E-state index is 13.3. The van der Waals surface area contributed by atoms with Gasteiger partial charge >= 0.3 is 0 Å². The molecule has 1 N–H and O–H groups in total. The van der Waals surface area contributed by atoms with Gasteiger partial charge in [0.15, 0.2) is 5.69 Å². The van der Waals surface area contributed by atoms with E-state index in [0.29, 0.717) is 5.69 Å². The van der Waals surface area contributed by atoms with Crippen molar-refractivity contribution in [2.45, 2.75) is 63.1 Å². The summed E-state index contributed by atoms with van der Waals surface area (Å²) in [6.45, 7) is 0. The van der Waals surface area contributed by atoms with Gasteiger partial charge in [-0.15, -0.1) is 5.10 Å². The number of hydrogen-bond acceptors (Lipinski definition) is 5. The number of nitrogens with zero attached hydrogens (tertiary/aromatic N) is 3. The van der Waals surface area contributed by atoms with Gasteiger partial charge in [-0.3, -0.25) is 9.59 Å². The van der Waals surface area contributed by atoms with Crippen LogP contribution in [0.25, 0.3) is 0 Å². The number of benzene rings is 1. The third-order valence-electron chi connectivity index (χ3n) is 5.35. The molecule has 0 radical (unpaired) electrons. The lowest BCUT2D eigenvalue weighted by atomic mass is 9.94. The summed E-state index contributed by atoms with van der Waals surface area (Å²) < 4.78 is 3.82. The summed E-state index contributed by atoms with van der Waals surface area (Å²) in [5.74, 6) is -0.296. The van der Waals surface area contributed by atoms with Crippen LogP contribution in [0.4, 0.5) is 0 Å². The number of carbonyl (C=O) groups excluding carboxylic acids is 2. The number of amides is 2. The SMILES string of the molecule is O=C(NC1CCCCC1)[C@@H](c1ccccc1)N(C(=O)c1csnn1)C1CC1. The van der Waals surface area contributed by atoms with Gasteiger partial charge in [0.05, 0.1) is 0 Å². The maximum Gasteiger partial charge on any atom is 0.276 e. The van der Waals surface area contributed by atoms with Crippen molar-refractivity contribution in [2.24, 2.45) is 0 Å². The topological polar surface area (TPSA) is 75.2 Å². The van der Waals surface area contributed by atoms with E-state index in [1.807, 2.05) is 30.3 Å². The van der Waals surface area contributed by atoms with Crippen LogP contribution in [-0.2, 0) is 4.79 Å². The van der Waals surface area contributed by atoms with E-state index >= 15 is 0 Å². The fraction of sp³-hybridized carbons (Fsp3) is 0.500. The molecular weight excluding hydrogens is 360 g/mol. The van der Waals surface area contributed by atoms with Crippen LogP contribution in [-0.4, -0.2) is 38.4 Å². The molecule has 0 bridgehead atoms. The van der Waals surface area contributed by atoms with Gasteiger partial charge in [0.1, 0.15) is 6.04 Å². The molecule has 6 nitrogen and oxygen atoms in total. The minimum atomic E-state index is -0.630. The molecule has 2 aliphatic rings. The summed E-state index contributed by atoms with van der Waals surface area (Å²) in [5.41, 5.74) is 1.16. The normalized spacial score (nSPS) is 18.7. The molecule has 7 heteroatoms. The van der Waals surface area contributed by atoms with Crippen LogP contribution in [0.3, 0.4) is 0 Å². The minimum absolute atomic E-state index is 0.0847. The molecule has 27 heavy (non-hydrogen) atoms. The van der Waals surface area contributed by atoms with Gasteiger partial charge in [0, 0.05) is 17.5 Å². The Hall–Kier alpha value is -2.28. The molecule has 0 aliphatic heterocycles. The highest BCUT2D eigenvalue weighted by Crippen LogP contribution is 2.36. The van der Waals surface area contributed by atoms with Gasteiger partial charge in [0.25, 0.3) is 5.91 Å². The molecular formula is C20H24N4O2S. The number of carbonyl (C=O) groups is 2. The Balaban J connectivity index is 1.63. The van der Waals surface area contributed by atoms with E-state index in [-0.39, 0.29) is 23.9 Å². The molecule has 2 amide bonds. The average molecular weight is 385 g/mol. The van der Waals surface area contributed by atoms with Gasteiger partial charge in [-0.1, -0.05) is 54.1 Å². The minimum Gasteiger partial charge on any atom is -0.351 e. The van der Waals surface area contributed by atoms with Gasteiger partial charge in [-0.2, -0.15) is 0 Å². The third-order valence-corrected chi connectivity index (χ3v) is 5.85. The first-order valence-corrected chi connectivity index (χ1v) is 10.5. The molecule has 1 atom stereocenters. The summed E-state index contributed by atoms with van der Waals surface area (Å²) in [6, 6.07) is 9.26. The van der Waals surface area contributed by atoms with E-state index in [0.717, 1.165) is 55.6 Å². The Labute approximate surface area is 163 Å². The predicted octanol–water partition coefficient (Wildman–Crippen LogP) is 3.33. The van der Waals surface area contributed by atoms with Gasteiger partial charge < -0.3 is 10.2 Å². The highest BCUT2D eigenvalue weighted by atomic mass is 32.1. The van der Waals surface area contributed by atoms with Crippen LogP contribution in [0.2, 0.25) is 0 Å². The Bertz CT molecular complexity index is 771. The fourth-order valence-electron chi connectivity index (χ4n) is 3.84. The smallest absolute Gasteiger partial charge is 0.276 e. The monoisotopic (exact) mass is 384 g/mol. The molecule has 2 aromatic rings. The standard InChI is InChI=1S/C20H24N4O2S/c25-19(21-15-9-5-2-6-10-15)18(14-7-3-1-4-8-14)24(16-11-12-16)20(26)17-13-27-23-22-17/h1,3-4,7-8,13,15-16,18H,2,5-6,9-12H2,(H,21,25)/t18-/m1/s1. The Morgan fingerprint density at radius 3 is 2.44 bits per heavy atom. The molecule has 2 fully saturated rings. The predicted molar refractivity (Wildman–Crippen MR) is 103 cm³/mol. The maximum atomic E-state index is 13.3. The first-order chi connectivity index (χ1) is 13.2. The van der Waals surface area contributed by atoms with Crippen LogP contribution in [0.5, 0.6) is 0 Å². The average Bonchev–Trinajstić information content (AvgIpc) is 3.38. The zero-order chi connectivity index (χ0) is 18.6. The lowest BCUT2D eigenvalue weighted by Gasteiger charge is -2.33. The van der Waals surface area contributed by atoms with Crippen LogP contribution in [0.1, 0.15) is 67.0 Å². The second kappa shape index (κ2) is 8.17. The summed E-state index contributed by atoms with van der Waals surface area (Å²) in [6.07, 6.45) is 7.40. The molecule has 1 aromatic carbocycles. The summed E-state index contributed by atoms with van der Waals surface area (Å²) in [4.78, 5) is 28.2. The Morgan fingerprint density at radius 2 is 1.81 bits per heavy atom. The van der Waals surface area contributed by atoms with Gasteiger partial charge in [-0.25, -0.2) is 0 Å². The van der Waals surface area contributed by atoms with Crippen molar-refractivity contribution in [3.05, 3.63) is 47.0 Å². The molecule has 1 heterocycles. The van der Waals surface area contributed by atoms with E-state index in [1.165, 1.54) is 6.42 Å². The molecule has 142 valence electrons. The molecule has 0 spiro atoms. The van der Waals surface area contributed by atoms with E-state index in [4.69, 9.17) is 0 Å². The van der Waals surface area contributed by atoms with E-state index in [2.05, 4.69) is 14.9 Å². The quantitative estimate of drug-likeness (QED) is 0.829. The Kier molecular flexibility index (Phi) is 5.48. The molecule has 4 rings (SSSR count). The van der Waals surface area contributed by atoms with Crippen molar-refractivity contribution in [2.75, 3.05) is 0 Å². The highest BCUT2D eigenvalue weighted by Gasteiger charge is 2.42. The van der Waals surface area contributed by atoms with Crippen LogP contribution in [0, 0.1) is 0 Å². The summed E-state index contributed by atoms with van der Waals surface area (Å²) >= 11 is 1.15. The second-order valence-electron chi connectivity index (χ2n) is 7.39. The number of aromatic nitrogens is 2. The van der Waals surface area contributed by atoms with Crippen molar-refractivity contribution < 1.29 is 9.59 Å². The Morgan fingerprint density at radius 1 is 1.07 bits per heavy atom. The van der Waals surface area contributed by atoms with Crippen molar-refractivity contribution in [3.8, 4) is 0 Å². The number of hydrogen-bond donors (Lipinski definition) is 1. The molecule has 1 aromatic heterocycles. The fourth-order valence-corrected chi connectivity index (χ4v) is 4.27. The van der Waals surface area contributed by atoms with Crippen molar-refractivity contribution in [1.29, 1.82) is 0 Å². The van der Waals surface area contributed by atoms with Crippen molar-refractivity contribution in [3.63, 3.8) is 0 Å². The van der Waals surface area contributed by atoms with Crippen LogP contribution < -0.4 is 5.32 Å². The van der Waals surface area contributed by atoms with E-state index in [1.54, 1.807) is 10.3 Å². The number of rotatable bonds is 6. The molecule has 2 saturated carbocycles. The first kappa shape index (κ1) is 18.1. The molecule has 0 saturated heterocycles. The molecule has 2 aliphatic carbocycles. The summed E-state index contributed by atoms with van der Waals surface area (Å²) in [5, 5.41) is 8.81. The molecule has 0 unspecified atom stereocenters. The van der Waals surface area contributed by atoms with Crippen molar-refractivity contribution in [1.82, 2.24) is 19.8 Å². The largest absolute Gasteiger partial charge is 0.351 e. The van der Waals surface area contributed by atoms with Gasteiger partial charge in [-0.05, 0) is 42.8 Å². The van der Waals surface area contributed by atoms with Gasteiger partial charge in [0.2, 0.25) is 5.91 Å². The highest BCUT2D eigenvalue weighted by molar-refractivity contribution is 7.03. The summed E-state index contributed by atoms with van der Waals surface area (Å²) in [7, 11) is 0.